The van der Waals surface area contributed by atoms with Gasteiger partial charge in [0.2, 0.25) is 0 Å². The van der Waals surface area contributed by atoms with Gasteiger partial charge in [-0.15, -0.1) is 0 Å². The lowest BCUT2D eigenvalue weighted by Gasteiger charge is -2.39. The Kier molecular flexibility index (Phi) is 10.5. The average molecular weight is 628 g/mol. The van der Waals surface area contributed by atoms with Crippen LogP contribution < -0.4 is 22.2 Å². The van der Waals surface area contributed by atoms with Gasteiger partial charge in [-0.2, -0.15) is 13.2 Å². The molecule has 1 saturated heterocycles. The zero-order valence-corrected chi connectivity index (χ0v) is 26.6. The molecule has 3 aromatic rings. The van der Waals surface area contributed by atoms with Crippen LogP contribution in [0.15, 0.2) is 47.2 Å². The number of halogens is 3. The minimum atomic E-state index is -4.24. The Balaban J connectivity index is 1.77. The molecular formula is C33H44F3N7O2. The number of nitrogens with zero attached hydrogens (tertiary/aromatic N) is 3. The summed E-state index contributed by atoms with van der Waals surface area (Å²) in [6.45, 7) is 10.3. The SMILES string of the molecule is CCC/C(=C\C=C(N)N)c1ccn2c(C(C)N3CCN(CC(F)(F)F)CC3)c(C)c(C(=O)NCc3c(C)[nH]c(C)cc3=O)cc12. The van der Waals surface area contributed by atoms with Crippen molar-refractivity contribution >= 4 is 17.0 Å². The molecule has 1 aliphatic rings. The first-order chi connectivity index (χ1) is 21.2. The Labute approximate surface area is 261 Å². The van der Waals surface area contributed by atoms with E-state index in [9.17, 15) is 22.8 Å². The Morgan fingerprint density at radius 3 is 2.38 bits per heavy atom. The minimum absolute atomic E-state index is 0.0619. The lowest BCUT2D eigenvalue weighted by atomic mass is 9.97. The van der Waals surface area contributed by atoms with Crippen molar-refractivity contribution in [3.8, 4) is 0 Å². The number of amides is 1. The number of hydrogen-bond donors (Lipinski definition) is 4. The van der Waals surface area contributed by atoms with Crippen LogP contribution in [-0.2, 0) is 6.54 Å². The van der Waals surface area contributed by atoms with E-state index in [2.05, 4.69) is 26.5 Å². The molecule has 0 aliphatic carbocycles. The quantitative estimate of drug-likeness (QED) is 0.242. The molecule has 12 heteroatoms. The van der Waals surface area contributed by atoms with Crippen LogP contribution >= 0.6 is 0 Å². The number of fused-ring (bicyclic) bond motifs is 1. The third-order valence-corrected chi connectivity index (χ3v) is 8.50. The van der Waals surface area contributed by atoms with Crippen molar-refractivity contribution in [1.82, 2.24) is 24.5 Å². The maximum Gasteiger partial charge on any atom is 0.401 e. The van der Waals surface area contributed by atoms with Crippen LogP contribution in [0.4, 0.5) is 13.2 Å². The van der Waals surface area contributed by atoms with Crippen LogP contribution in [0.25, 0.3) is 11.1 Å². The number of aromatic nitrogens is 2. The van der Waals surface area contributed by atoms with Gasteiger partial charge in [0.1, 0.15) is 0 Å². The molecule has 1 atom stereocenters. The van der Waals surface area contributed by atoms with Crippen molar-refractivity contribution in [2.24, 2.45) is 11.5 Å². The summed E-state index contributed by atoms with van der Waals surface area (Å²) in [6, 6.07) is 5.18. The number of aryl methyl sites for hydroxylation is 2. The number of carbonyl (C=O) groups excluding carboxylic acids is 1. The van der Waals surface area contributed by atoms with E-state index in [1.807, 2.05) is 45.2 Å². The molecule has 4 heterocycles. The molecule has 9 nitrogen and oxygen atoms in total. The fourth-order valence-corrected chi connectivity index (χ4v) is 6.26. The van der Waals surface area contributed by atoms with Gasteiger partial charge in [0.25, 0.3) is 5.91 Å². The number of carbonyl (C=O) groups is 1. The minimum Gasteiger partial charge on any atom is -0.386 e. The first kappa shape index (κ1) is 33.9. The Morgan fingerprint density at radius 2 is 1.78 bits per heavy atom. The summed E-state index contributed by atoms with van der Waals surface area (Å²) in [5, 5.41) is 2.95. The summed E-state index contributed by atoms with van der Waals surface area (Å²) in [5.41, 5.74) is 18.1. The predicted octanol–water partition coefficient (Wildman–Crippen LogP) is 4.67. The van der Waals surface area contributed by atoms with Crippen LogP contribution in [0, 0.1) is 20.8 Å². The van der Waals surface area contributed by atoms with Gasteiger partial charge < -0.3 is 26.2 Å². The van der Waals surface area contributed by atoms with E-state index in [0.29, 0.717) is 43.0 Å². The maximum absolute atomic E-state index is 13.8. The second kappa shape index (κ2) is 13.9. The number of piperazine rings is 1. The topological polar surface area (TPSA) is 125 Å². The summed E-state index contributed by atoms with van der Waals surface area (Å²) >= 11 is 0. The molecule has 0 radical (unpaired) electrons. The van der Waals surface area contributed by atoms with Crippen LogP contribution in [0.1, 0.15) is 76.9 Å². The molecule has 3 aromatic heterocycles. The highest BCUT2D eigenvalue weighted by atomic mass is 19.4. The number of H-pyrrole nitrogens is 1. The highest BCUT2D eigenvalue weighted by molar-refractivity contribution is 5.98. The molecule has 1 unspecified atom stereocenters. The van der Waals surface area contributed by atoms with E-state index in [0.717, 1.165) is 46.4 Å². The van der Waals surface area contributed by atoms with Gasteiger partial charge in [0.05, 0.1) is 17.9 Å². The van der Waals surface area contributed by atoms with Crippen LogP contribution in [0.3, 0.4) is 0 Å². The number of allylic oxidation sites excluding steroid dienone is 3. The molecule has 45 heavy (non-hydrogen) atoms. The molecule has 0 bridgehead atoms. The zero-order valence-electron chi connectivity index (χ0n) is 26.6. The van der Waals surface area contributed by atoms with E-state index >= 15 is 0 Å². The van der Waals surface area contributed by atoms with Crippen molar-refractivity contribution in [3.05, 3.63) is 91.9 Å². The monoisotopic (exact) mass is 627 g/mol. The van der Waals surface area contributed by atoms with Gasteiger partial charge in [-0.1, -0.05) is 19.4 Å². The average Bonchev–Trinajstić information content (AvgIpc) is 3.36. The molecule has 6 N–H and O–H groups in total. The van der Waals surface area contributed by atoms with Crippen molar-refractivity contribution in [3.63, 3.8) is 0 Å². The van der Waals surface area contributed by atoms with Crippen molar-refractivity contribution in [2.45, 2.75) is 66.2 Å². The number of aromatic amines is 1. The second-order valence-corrected chi connectivity index (χ2v) is 11.9. The number of nitrogens with one attached hydrogen (secondary N) is 2. The maximum atomic E-state index is 13.8. The number of pyridine rings is 2. The lowest BCUT2D eigenvalue weighted by Crippen LogP contribution is -2.49. The van der Waals surface area contributed by atoms with Crippen LogP contribution in [-0.4, -0.2) is 64.0 Å². The smallest absolute Gasteiger partial charge is 0.386 e. The molecule has 4 rings (SSSR count). The van der Waals surface area contributed by atoms with E-state index in [1.54, 1.807) is 13.0 Å². The van der Waals surface area contributed by atoms with Gasteiger partial charge in [0, 0.05) is 84.8 Å². The number of rotatable bonds is 10. The van der Waals surface area contributed by atoms with Crippen molar-refractivity contribution in [2.75, 3.05) is 32.7 Å². The first-order valence-corrected chi connectivity index (χ1v) is 15.3. The van der Waals surface area contributed by atoms with Crippen LogP contribution in [0.5, 0.6) is 0 Å². The third-order valence-electron chi connectivity index (χ3n) is 8.50. The molecule has 1 aliphatic heterocycles. The van der Waals surface area contributed by atoms with E-state index in [1.165, 1.54) is 11.0 Å². The molecule has 0 saturated carbocycles. The van der Waals surface area contributed by atoms with Gasteiger partial charge in [-0.3, -0.25) is 19.4 Å². The molecule has 244 valence electrons. The third kappa shape index (κ3) is 7.98. The summed E-state index contributed by atoms with van der Waals surface area (Å²) in [5.74, 6) is -0.138. The normalized spacial score (nSPS) is 15.8. The highest BCUT2D eigenvalue weighted by Crippen LogP contribution is 2.34. The lowest BCUT2D eigenvalue weighted by molar-refractivity contribution is -0.149. The Hall–Kier alpha value is -4.03. The second-order valence-electron chi connectivity index (χ2n) is 11.9. The summed E-state index contributed by atoms with van der Waals surface area (Å²) in [6.07, 6.45) is 2.90. The number of alkyl halides is 3. The summed E-state index contributed by atoms with van der Waals surface area (Å²) in [4.78, 5) is 33.2. The largest absolute Gasteiger partial charge is 0.401 e. The molecular weight excluding hydrogens is 583 g/mol. The summed E-state index contributed by atoms with van der Waals surface area (Å²) < 4.78 is 41.1. The first-order valence-electron chi connectivity index (χ1n) is 15.3. The Bertz CT molecular complexity index is 1660. The molecule has 0 spiro atoms. The van der Waals surface area contributed by atoms with Gasteiger partial charge in [-0.25, -0.2) is 0 Å². The van der Waals surface area contributed by atoms with Crippen molar-refractivity contribution < 1.29 is 18.0 Å². The van der Waals surface area contributed by atoms with Gasteiger partial charge in [-0.05, 0) is 63.5 Å². The fraction of sp³-hybridized carbons (Fsp3) is 0.455. The Morgan fingerprint density at radius 1 is 1.09 bits per heavy atom. The highest BCUT2D eigenvalue weighted by Gasteiger charge is 2.34. The standard InChI is InChI=1S/C33H44F3N7O2/c1-6-7-24(8-9-30(37)38)25-10-11-43-28(25)17-26(32(45)39-18-27-22(4)40-20(2)16-29(27)44)21(3)31(43)23(5)42-14-12-41(13-15-42)19-33(34,35)36/h8-11,16-17,23H,6-7,12-15,18-19,37-38H2,1-5H3,(H,39,45)(H,40,44)/b24-8+. The van der Waals surface area contributed by atoms with E-state index < -0.39 is 12.7 Å². The van der Waals surface area contributed by atoms with Crippen LogP contribution in [0.2, 0.25) is 0 Å². The molecule has 1 fully saturated rings. The zero-order chi connectivity index (χ0) is 33.1. The molecule has 0 aromatic carbocycles. The molecule has 1 amide bonds. The summed E-state index contributed by atoms with van der Waals surface area (Å²) in [7, 11) is 0. The number of nitrogens with two attached hydrogens (primary N) is 2. The van der Waals surface area contributed by atoms with Crippen molar-refractivity contribution in [1.29, 1.82) is 0 Å². The predicted molar refractivity (Wildman–Crippen MR) is 172 cm³/mol. The van der Waals surface area contributed by atoms with Gasteiger partial charge in [0.15, 0.2) is 5.43 Å². The van der Waals surface area contributed by atoms with Gasteiger partial charge >= 0.3 is 6.18 Å². The number of hydrogen-bond acceptors (Lipinski definition) is 6. The van der Waals surface area contributed by atoms with E-state index in [-0.39, 0.29) is 29.7 Å². The fourth-order valence-electron chi connectivity index (χ4n) is 6.26. The van der Waals surface area contributed by atoms with E-state index in [4.69, 9.17) is 11.5 Å².